The van der Waals surface area contributed by atoms with Crippen LogP contribution in [0.5, 0.6) is 5.75 Å². The van der Waals surface area contributed by atoms with Crippen molar-refractivity contribution in [3.63, 3.8) is 0 Å². The summed E-state index contributed by atoms with van der Waals surface area (Å²) in [4.78, 5) is 27.5. The van der Waals surface area contributed by atoms with Gasteiger partial charge < -0.3 is 9.47 Å². The van der Waals surface area contributed by atoms with Crippen LogP contribution in [0.25, 0.3) is 6.08 Å². The van der Waals surface area contributed by atoms with Crippen LogP contribution in [0, 0.1) is 0 Å². The first-order chi connectivity index (χ1) is 14.9. The average Bonchev–Trinajstić information content (AvgIpc) is 3.01. The molecule has 5 nitrogen and oxygen atoms in total. The summed E-state index contributed by atoms with van der Waals surface area (Å²) >= 11 is 0. The minimum Gasteiger partial charge on any atom is -0.490 e. The van der Waals surface area contributed by atoms with Crippen molar-refractivity contribution in [3.05, 3.63) is 89.2 Å². The van der Waals surface area contributed by atoms with Crippen molar-refractivity contribution in [2.75, 3.05) is 18.6 Å². The fourth-order valence-electron chi connectivity index (χ4n) is 3.52. The smallest absolute Gasteiger partial charge is 0.340 e. The highest BCUT2D eigenvalue weighted by molar-refractivity contribution is 6.23. The van der Waals surface area contributed by atoms with Crippen LogP contribution in [0.3, 0.4) is 0 Å². The Morgan fingerprint density at radius 3 is 2.48 bits per heavy atom. The van der Waals surface area contributed by atoms with Crippen LogP contribution in [0.1, 0.15) is 37.8 Å². The molecule has 1 heterocycles. The third-order valence-corrected chi connectivity index (χ3v) is 5.14. The molecule has 1 amide bonds. The number of esters is 1. The van der Waals surface area contributed by atoms with Crippen molar-refractivity contribution < 1.29 is 19.1 Å². The first kappa shape index (κ1) is 22.1. The second-order valence-corrected chi connectivity index (χ2v) is 7.57. The van der Waals surface area contributed by atoms with Crippen molar-refractivity contribution in [1.82, 2.24) is 0 Å². The molecule has 0 saturated heterocycles. The van der Waals surface area contributed by atoms with Gasteiger partial charge in [0.25, 0.3) is 5.91 Å². The molecule has 160 valence electrons. The Labute approximate surface area is 183 Å². The molecule has 0 unspecified atom stereocenters. The van der Waals surface area contributed by atoms with Gasteiger partial charge in [-0.15, -0.1) is 0 Å². The molecule has 2 aromatic rings. The van der Waals surface area contributed by atoms with E-state index in [9.17, 15) is 9.59 Å². The number of anilines is 1. The Hall–Kier alpha value is -3.60. The van der Waals surface area contributed by atoms with Gasteiger partial charge in [0.05, 0.1) is 18.3 Å². The maximum absolute atomic E-state index is 13.4. The van der Waals surface area contributed by atoms with Gasteiger partial charge in [-0.2, -0.15) is 0 Å². The number of amides is 1. The molecule has 0 aromatic heterocycles. The molecule has 31 heavy (non-hydrogen) atoms. The molecule has 5 heteroatoms. The normalized spacial score (nSPS) is 15.1. The lowest BCUT2D eigenvalue weighted by molar-refractivity contribution is -0.136. The molecule has 0 spiro atoms. The Morgan fingerprint density at radius 2 is 1.87 bits per heavy atom. The van der Waals surface area contributed by atoms with Crippen LogP contribution >= 0.6 is 0 Å². The Balaban J connectivity index is 2.04. The van der Waals surface area contributed by atoms with Crippen LogP contribution in [-0.4, -0.2) is 25.6 Å². The number of hydrogen-bond acceptors (Lipinski definition) is 4. The minimum absolute atomic E-state index is 0.262. The Morgan fingerprint density at radius 1 is 1.16 bits per heavy atom. The van der Waals surface area contributed by atoms with E-state index in [2.05, 4.69) is 20.4 Å². The fourth-order valence-corrected chi connectivity index (χ4v) is 3.52. The second-order valence-electron chi connectivity index (χ2n) is 7.57. The van der Waals surface area contributed by atoms with Gasteiger partial charge in [0.15, 0.2) is 0 Å². The number of benzene rings is 2. The number of ether oxygens (including phenoxy) is 2. The van der Waals surface area contributed by atoms with E-state index in [-0.39, 0.29) is 17.1 Å². The van der Waals surface area contributed by atoms with Crippen molar-refractivity contribution in [1.29, 1.82) is 0 Å². The van der Waals surface area contributed by atoms with Crippen LogP contribution < -0.4 is 9.64 Å². The monoisotopic (exact) mass is 417 g/mol. The van der Waals surface area contributed by atoms with Crippen molar-refractivity contribution >= 4 is 23.6 Å². The van der Waals surface area contributed by atoms with E-state index in [0.717, 1.165) is 5.56 Å². The molecule has 0 aliphatic carbocycles. The highest BCUT2D eigenvalue weighted by atomic mass is 16.5. The molecule has 1 aliphatic heterocycles. The lowest BCUT2D eigenvalue weighted by Gasteiger charge is -2.19. The van der Waals surface area contributed by atoms with E-state index in [0.29, 0.717) is 29.7 Å². The van der Waals surface area contributed by atoms with Crippen LogP contribution in [0.2, 0.25) is 0 Å². The number of allylic oxidation sites excluding steroid dienone is 1. The first-order valence-electron chi connectivity index (χ1n) is 10.2. The van der Waals surface area contributed by atoms with Crippen molar-refractivity contribution in [2.45, 2.75) is 26.7 Å². The van der Waals surface area contributed by atoms with E-state index in [4.69, 9.17) is 9.47 Å². The Kier molecular flexibility index (Phi) is 6.75. The Bertz CT molecular complexity index is 1060. The molecule has 0 radical (unpaired) electrons. The van der Waals surface area contributed by atoms with E-state index < -0.39 is 5.97 Å². The van der Waals surface area contributed by atoms with Gasteiger partial charge in [-0.05, 0) is 54.3 Å². The number of hydrogen-bond donors (Lipinski definition) is 0. The maximum atomic E-state index is 13.4. The van der Waals surface area contributed by atoms with Gasteiger partial charge in [-0.3, -0.25) is 9.69 Å². The van der Waals surface area contributed by atoms with Gasteiger partial charge in [0.2, 0.25) is 0 Å². The fraction of sp³-hybridized carbons (Fsp3) is 0.231. The number of carbonyl (C=O) groups excluding carboxylic acids is 2. The molecule has 0 bridgehead atoms. The van der Waals surface area contributed by atoms with Gasteiger partial charge in [0.1, 0.15) is 12.4 Å². The topological polar surface area (TPSA) is 55.8 Å². The van der Waals surface area contributed by atoms with E-state index in [1.807, 2.05) is 48.5 Å². The molecule has 2 aromatic carbocycles. The third kappa shape index (κ3) is 4.61. The first-order valence-corrected chi connectivity index (χ1v) is 10.2. The largest absolute Gasteiger partial charge is 0.490 e. The average molecular weight is 418 g/mol. The summed E-state index contributed by atoms with van der Waals surface area (Å²) in [6.07, 6.45) is 3.36. The quantitative estimate of drug-likeness (QED) is 0.351. The van der Waals surface area contributed by atoms with Crippen LogP contribution in [-0.2, 0) is 14.3 Å². The van der Waals surface area contributed by atoms with Gasteiger partial charge >= 0.3 is 5.97 Å². The summed E-state index contributed by atoms with van der Waals surface area (Å²) < 4.78 is 10.6. The zero-order chi connectivity index (χ0) is 22.5. The van der Waals surface area contributed by atoms with Gasteiger partial charge in [-0.1, -0.05) is 50.8 Å². The zero-order valence-corrected chi connectivity index (χ0v) is 18.3. The highest BCUT2D eigenvalue weighted by Crippen LogP contribution is 2.36. The lowest BCUT2D eigenvalue weighted by Crippen LogP contribution is -2.24. The zero-order valence-electron chi connectivity index (χ0n) is 18.3. The predicted molar refractivity (Wildman–Crippen MR) is 123 cm³/mol. The van der Waals surface area contributed by atoms with E-state index in [1.54, 1.807) is 24.0 Å². The molecule has 0 saturated carbocycles. The van der Waals surface area contributed by atoms with E-state index >= 15 is 0 Å². The van der Waals surface area contributed by atoms with Crippen LogP contribution in [0.4, 0.5) is 5.69 Å². The predicted octanol–water partition coefficient (Wildman–Crippen LogP) is 5.25. The molecule has 0 atom stereocenters. The molecule has 3 rings (SSSR count). The van der Waals surface area contributed by atoms with Gasteiger partial charge in [0, 0.05) is 11.4 Å². The standard InChI is InChI=1S/C26H27NO4/c1-6-14-31-22-9-7-8-19(15-22)16-23-24(26(29)30-5)18(4)27(25(23)28)21-12-10-20(11-13-21)17(2)3/h6-13,15-17H,1,14H2,2-5H3/b23-16-. The summed E-state index contributed by atoms with van der Waals surface area (Å²) in [7, 11) is 1.31. The SMILES string of the molecule is C=CCOc1cccc(/C=C2\C(=O)N(c3ccc(C(C)C)cc3)C(C)=C2C(=O)OC)c1. The summed E-state index contributed by atoms with van der Waals surface area (Å²) in [5.41, 5.74) is 3.73. The maximum Gasteiger partial charge on any atom is 0.340 e. The van der Waals surface area contributed by atoms with Crippen molar-refractivity contribution in [3.8, 4) is 5.75 Å². The number of methoxy groups -OCH3 is 1. The van der Waals surface area contributed by atoms with Crippen LogP contribution in [0.15, 0.2) is 78.0 Å². The second kappa shape index (κ2) is 9.47. The van der Waals surface area contributed by atoms with E-state index in [1.165, 1.54) is 12.7 Å². The molecular formula is C26H27NO4. The molecule has 0 fully saturated rings. The number of nitrogens with zero attached hydrogens (tertiary/aromatic N) is 1. The number of rotatable bonds is 7. The molecular weight excluding hydrogens is 390 g/mol. The number of carbonyl (C=O) groups is 2. The molecule has 1 aliphatic rings. The highest BCUT2D eigenvalue weighted by Gasteiger charge is 2.37. The third-order valence-electron chi connectivity index (χ3n) is 5.14. The lowest BCUT2D eigenvalue weighted by atomic mass is 10.0. The van der Waals surface area contributed by atoms with Gasteiger partial charge in [-0.25, -0.2) is 4.79 Å². The summed E-state index contributed by atoms with van der Waals surface area (Å²) in [5.74, 6) is 0.225. The summed E-state index contributed by atoms with van der Waals surface area (Å²) in [5, 5.41) is 0. The summed E-state index contributed by atoms with van der Waals surface area (Å²) in [6.45, 7) is 10.0. The van der Waals surface area contributed by atoms with Crippen molar-refractivity contribution in [2.24, 2.45) is 0 Å². The summed E-state index contributed by atoms with van der Waals surface area (Å²) in [6, 6.07) is 15.1. The molecule has 0 N–H and O–H groups in total. The minimum atomic E-state index is -0.544.